The number of thiophene rings is 1. The molecule has 0 bridgehead atoms. The maximum absolute atomic E-state index is 12.3. The molecular formula is C21H20Cl2N2O6S. The van der Waals surface area contributed by atoms with Crippen LogP contribution in [0.5, 0.6) is 0 Å². The predicted molar refractivity (Wildman–Crippen MR) is 121 cm³/mol. The number of anilines is 1. The highest BCUT2D eigenvalue weighted by molar-refractivity contribution is 7.15. The highest BCUT2D eigenvalue weighted by Crippen LogP contribution is 2.46. The molecule has 0 radical (unpaired) electrons. The predicted octanol–water partition coefficient (Wildman–Crippen LogP) is 4.02. The lowest BCUT2D eigenvalue weighted by Gasteiger charge is -2.09. The molecule has 2 aromatic rings. The third kappa shape index (κ3) is 6.21. The summed E-state index contributed by atoms with van der Waals surface area (Å²) in [5, 5.41) is 7.67. The number of carbonyl (C=O) groups excluding carboxylic acids is 4. The van der Waals surface area contributed by atoms with Crippen LogP contribution in [0.4, 0.5) is 5.00 Å². The standard InChI is InChI=1S/C21H20Cl2N2O6S/c1-2-30-21(29)18-14(11-3-4-11)10-32-20(18)25-16(26)9-31-17(27)8-24-19(28)13-6-5-12(22)7-15(13)23/h5-7,10-11H,2-4,8-9H2,1H3,(H,24,28)(H,25,26). The number of halogens is 2. The zero-order valence-corrected chi connectivity index (χ0v) is 19.4. The van der Waals surface area contributed by atoms with Gasteiger partial charge < -0.3 is 20.1 Å². The number of nitrogens with one attached hydrogen (secondary N) is 2. The van der Waals surface area contributed by atoms with Gasteiger partial charge in [0.15, 0.2) is 6.61 Å². The summed E-state index contributed by atoms with van der Waals surface area (Å²) in [6.45, 7) is 0.897. The number of benzene rings is 1. The molecule has 1 aromatic carbocycles. The van der Waals surface area contributed by atoms with Crippen molar-refractivity contribution >= 4 is 63.3 Å². The van der Waals surface area contributed by atoms with Crippen molar-refractivity contribution in [3.8, 4) is 0 Å². The molecule has 1 aromatic heterocycles. The minimum Gasteiger partial charge on any atom is -0.462 e. The summed E-state index contributed by atoms with van der Waals surface area (Å²) in [4.78, 5) is 48.6. The molecule has 2 N–H and O–H groups in total. The molecule has 11 heteroatoms. The van der Waals surface area contributed by atoms with Crippen molar-refractivity contribution < 1.29 is 28.7 Å². The first-order valence-electron chi connectivity index (χ1n) is 9.77. The van der Waals surface area contributed by atoms with Gasteiger partial charge in [0.25, 0.3) is 11.8 Å². The second-order valence-electron chi connectivity index (χ2n) is 6.91. The fourth-order valence-electron chi connectivity index (χ4n) is 2.85. The fourth-order valence-corrected chi connectivity index (χ4v) is 4.39. The zero-order valence-electron chi connectivity index (χ0n) is 17.0. The molecule has 0 aliphatic heterocycles. The lowest BCUT2D eigenvalue weighted by molar-refractivity contribution is -0.146. The first-order chi connectivity index (χ1) is 15.3. The fraction of sp³-hybridized carbons (Fsp3) is 0.333. The first kappa shape index (κ1) is 24.0. The molecule has 1 aliphatic carbocycles. The van der Waals surface area contributed by atoms with E-state index in [-0.39, 0.29) is 17.2 Å². The van der Waals surface area contributed by atoms with Crippen molar-refractivity contribution in [1.82, 2.24) is 5.32 Å². The molecule has 0 spiro atoms. The van der Waals surface area contributed by atoms with Crippen molar-refractivity contribution in [2.24, 2.45) is 0 Å². The molecule has 1 heterocycles. The average molecular weight is 499 g/mol. The van der Waals surface area contributed by atoms with Crippen LogP contribution in [0.2, 0.25) is 10.0 Å². The van der Waals surface area contributed by atoms with Gasteiger partial charge in [-0.1, -0.05) is 23.2 Å². The Morgan fingerprint density at radius 2 is 1.91 bits per heavy atom. The Labute approximate surface area is 198 Å². The number of esters is 2. The van der Waals surface area contributed by atoms with E-state index in [1.165, 1.54) is 29.5 Å². The number of hydrogen-bond acceptors (Lipinski definition) is 7. The number of rotatable bonds is 9. The quantitative estimate of drug-likeness (QED) is 0.505. The lowest BCUT2D eigenvalue weighted by atomic mass is 10.1. The second kappa shape index (κ2) is 10.8. The largest absolute Gasteiger partial charge is 0.462 e. The van der Waals surface area contributed by atoms with E-state index >= 15 is 0 Å². The van der Waals surface area contributed by atoms with Gasteiger partial charge in [0.2, 0.25) is 0 Å². The third-order valence-corrected chi connectivity index (χ3v) is 5.96. The van der Waals surface area contributed by atoms with Gasteiger partial charge in [0.05, 0.1) is 22.8 Å². The summed E-state index contributed by atoms with van der Waals surface area (Å²) in [5.74, 6) is -2.20. The minimum atomic E-state index is -0.811. The molecule has 3 rings (SSSR count). The first-order valence-corrected chi connectivity index (χ1v) is 11.4. The maximum Gasteiger partial charge on any atom is 0.341 e. The molecule has 0 atom stereocenters. The van der Waals surface area contributed by atoms with Crippen LogP contribution in [-0.2, 0) is 19.1 Å². The van der Waals surface area contributed by atoms with Crippen LogP contribution in [0.15, 0.2) is 23.6 Å². The summed E-state index contributed by atoms with van der Waals surface area (Å²) in [6.07, 6.45) is 1.97. The van der Waals surface area contributed by atoms with Crippen molar-refractivity contribution in [2.75, 3.05) is 25.1 Å². The normalized spacial score (nSPS) is 12.7. The van der Waals surface area contributed by atoms with E-state index in [1.807, 2.05) is 5.38 Å². The van der Waals surface area contributed by atoms with Gasteiger partial charge in [-0.2, -0.15) is 0 Å². The van der Waals surface area contributed by atoms with Gasteiger partial charge >= 0.3 is 11.9 Å². The number of carbonyl (C=O) groups is 4. The summed E-state index contributed by atoms with van der Waals surface area (Å²) in [6, 6.07) is 4.33. The molecule has 1 aliphatic rings. The topological polar surface area (TPSA) is 111 Å². The molecule has 0 unspecified atom stereocenters. The maximum atomic E-state index is 12.3. The van der Waals surface area contributed by atoms with Crippen LogP contribution < -0.4 is 10.6 Å². The number of ether oxygens (including phenoxy) is 2. The second-order valence-corrected chi connectivity index (χ2v) is 8.63. The van der Waals surface area contributed by atoms with Gasteiger partial charge in [0, 0.05) is 5.02 Å². The van der Waals surface area contributed by atoms with Crippen molar-refractivity contribution in [2.45, 2.75) is 25.7 Å². The van der Waals surface area contributed by atoms with E-state index in [2.05, 4.69) is 10.6 Å². The van der Waals surface area contributed by atoms with Gasteiger partial charge in [0.1, 0.15) is 11.5 Å². The highest BCUT2D eigenvalue weighted by Gasteiger charge is 2.32. The molecule has 1 fully saturated rings. The SMILES string of the molecule is CCOC(=O)c1c(C2CC2)csc1NC(=O)COC(=O)CNC(=O)c1ccc(Cl)cc1Cl. The van der Waals surface area contributed by atoms with Crippen molar-refractivity contribution in [3.05, 3.63) is 50.3 Å². The van der Waals surface area contributed by atoms with Crippen molar-refractivity contribution in [3.63, 3.8) is 0 Å². The Bertz CT molecular complexity index is 1050. The summed E-state index contributed by atoms with van der Waals surface area (Å²) in [7, 11) is 0. The van der Waals surface area contributed by atoms with Gasteiger partial charge in [-0.25, -0.2) is 4.79 Å². The van der Waals surface area contributed by atoms with Crippen LogP contribution in [0.3, 0.4) is 0 Å². The summed E-state index contributed by atoms with van der Waals surface area (Å²) < 4.78 is 10.00. The third-order valence-electron chi connectivity index (χ3n) is 4.50. The van der Waals surface area contributed by atoms with E-state index in [0.717, 1.165) is 18.4 Å². The molecular weight excluding hydrogens is 479 g/mol. The number of amides is 2. The van der Waals surface area contributed by atoms with E-state index < -0.39 is 36.9 Å². The Morgan fingerprint density at radius 3 is 2.56 bits per heavy atom. The Kier molecular flexibility index (Phi) is 8.11. The molecule has 2 amide bonds. The molecule has 8 nitrogen and oxygen atoms in total. The molecule has 1 saturated carbocycles. The van der Waals surface area contributed by atoms with Gasteiger partial charge in [-0.15, -0.1) is 11.3 Å². The van der Waals surface area contributed by atoms with Crippen LogP contribution in [-0.4, -0.2) is 43.5 Å². The van der Waals surface area contributed by atoms with Crippen LogP contribution >= 0.6 is 34.5 Å². The van der Waals surface area contributed by atoms with Crippen molar-refractivity contribution in [1.29, 1.82) is 0 Å². The molecule has 0 saturated heterocycles. The molecule has 32 heavy (non-hydrogen) atoms. The van der Waals surface area contributed by atoms with Gasteiger partial charge in [-0.05, 0) is 54.8 Å². The summed E-state index contributed by atoms with van der Waals surface area (Å²) >= 11 is 13.0. The number of hydrogen-bond donors (Lipinski definition) is 2. The van der Waals surface area contributed by atoms with E-state index in [0.29, 0.717) is 21.5 Å². The van der Waals surface area contributed by atoms with E-state index in [1.54, 1.807) is 6.92 Å². The monoisotopic (exact) mass is 498 g/mol. The molecule has 170 valence electrons. The van der Waals surface area contributed by atoms with Crippen LogP contribution in [0, 0.1) is 0 Å². The zero-order chi connectivity index (χ0) is 23.3. The average Bonchev–Trinajstić information content (AvgIpc) is 3.51. The lowest BCUT2D eigenvalue weighted by Crippen LogP contribution is -2.32. The van der Waals surface area contributed by atoms with Crippen LogP contribution in [0.1, 0.15) is 52.0 Å². The minimum absolute atomic E-state index is 0.140. The Morgan fingerprint density at radius 1 is 1.16 bits per heavy atom. The van der Waals surface area contributed by atoms with E-state index in [9.17, 15) is 19.2 Å². The highest BCUT2D eigenvalue weighted by atomic mass is 35.5. The van der Waals surface area contributed by atoms with Gasteiger partial charge in [-0.3, -0.25) is 14.4 Å². The summed E-state index contributed by atoms with van der Waals surface area (Å²) in [5.41, 5.74) is 1.37. The smallest absolute Gasteiger partial charge is 0.341 e. The van der Waals surface area contributed by atoms with Crippen LogP contribution in [0.25, 0.3) is 0 Å². The Hall–Kier alpha value is -2.62. The Balaban J connectivity index is 1.50. The van der Waals surface area contributed by atoms with E-state index in [4.69, 9.17) is 32.7 Å².